The van der Waals surface area contributed by atoms with Gasteiger partial charge in [-0.25, -0.2) is 13.1 Å². The number of benzene rings is 1. The van der Waals surface area contributed by atoms with Crippen LogP contribution in [0, 0.1) is 0 Å². The predicted molar refractivity (Wildman–Crippen MR) is 96.9 cm³/mol. The molecule has 1 atom stereocenters. The molecule has 2 aromatic rings. The zero-order valence-corrected chi connectivity index (χ0v) is 15.6. The average Bonchev–Trinajstić information content (AvgIpc) is 2.99. The highest BCUT2D eigenvalue weighted by Crippen LogP contribution is 2.11. The van der Waals surface area contributed by atoms with Crippen molar-refractivity contribution in [3.8, 4) is 0 Å². The Balaban J connectivity index is 0.00000312. The number of aryl methyl sites for hydroxylation is 1. The van der Waals surface area contributed by atoms with Gasteiger partial charge in [0.25, 0.3) is 0 Å². The van der Waals surface area contributed by atoms with Gasteiger partial charge in [-0.3, -0.25) is 9.48 Å². The molecule has 0 bridgehead atoms. The van der Waals surface area contributed by atoms with Crippen molar-refractivity contribution < 1.29 is 13.2 Å². The van der Waals surface area contributed by atoms with Crippen LogP contribution >= 0.6 is 12.4 Å². The number of sulfonamides is 1. The van der Waals surface area contributed by atoms with Crippen LogP contribution in [-0.4, -0.2) is 44.2 Å². The predicted octanol–water partition coefficient (Wildman–Crippen LogP) is 0.197. The maximum atomic E-state index is 12.2. The molecule has 1 heterocycles. The van der Waals surface area contributed by atoms with Crippen LogP contribution in [-0.2, 0) is 21.9 Å². The van der Waals surface area contributed by atoms with Gasteiger partial charge < -0.3 is 10.6 Å². The van der Waals surface area contributed by atoms with Crippen LogP contribution in [0.5, 0.6) is 0 Å². The molecule has 0 aliphatic heterocycles. The minimum Gasteiger partial charge on any atom is -0.353 e. The summed E-state index contributed by atoms with van der Waals surface area (Å²) in [5.41, 5.74) is 0.738. The van der Waals surface area contributed by atoms with Crippen molar-refractivity contribution in [1.29, 1.82) is 0 Å². The maximum absolute atomic E-state index is 12.2. The van der Waals surface area contributed by atoms with Crippen molar-refractivity contribution in [1.82, 2.24) is 25.1 Å². The van der Waals surface area contributed by atoms with E-state index in [1.807, 2.05) is 0 Å². The summed E-state index contributed by atoms with van der Waals surface area (Å²) in [7, 11) is -0.117. The molecule has 8 nitrogen and oxygen atoms in total. The summed E-state index contributed by atoms with van der Waals surface area (Å²) in [6.07, 6.45) is 3.36. The van der Waals surface area contributed by atoms with E-state index in [4.69, 9.17) is 0 Å². The summed E-state index contributed by atoms with van der Waals surface area (Å²) >= 11 is 0. The zero-order chi connectivity index (χ0) is 17.6. The third-order valence-corrected chi connectivity index (χ3v) is 4.86. The number of carbonyl (C=O) groups excluding carboxylic acids is 1. The number of nitrogens with one attached hydrogen (secondary N) is 3. The number of halogens is 1. The Kier molecular flexibility index (Phi) is 8.04. The number of nitrogens with zero attached hydrogens (tertiary/aromatic N) is 2. The van der Waals surface area contributed by atoms with Crippen LogP contribution in [0.15, 0.2) is 47.6 Å². The second-order valence-corrected chi connectivity index (χ2v) is 6.94. The first kappa shape index (κ1) is 21.1. The largest absolute Gasteiger partial charge is 0.353 e. The summed E-state index contributed by atoms with van der Waals surface area (Å²) in [6, 6.07) is 7.55. The van der Waals surface area contributed by atoms with Gasteiger partial charge in [-0.15, -0.1) is 12.4 Å². The van der Waals surface area contributed by atoms with Gasteiger partial charge in [0.05, 0.1) is 11.1 Å². The van der Waals surface area contributed by atoms with Crippen LogP contribution < -0.4 is 15.4 Å². The lowest BCUT2D eigenvalue weighted by Gasteiger charge is -2.14. The van der Waals surface area contributed by atoms with Crippen molar-refractivity contribution in [2.24, 2.45) is 7.05 Å². The van der Waals surface area contributed by atoms with E-state index in [2.05, 4.69) is 20.5 Å². The normalized spacial score (nSPS) is 12.2. The number of carbonyl (C=O) groups is 1. The third-order valence-electron chi connectivity index (χ3n) is 3.38. The number of likely N-dealkylation sites (N-methyl/N-ethyl adjacent to an activating group) is 1. The molecule has 25 heavy (non-hydrogen) atoms. The van der Waals surface area contributed by atoms with Crippen molar-refractivity contribution in [3.05, 3.63) is 48.3 Å². The van der Waals surface area contributed by atoms with Gasteiger partial charge in [-0.1, -0.05) is 18.2 Å². The monoisotopic (exact) mass is 387 g/mol. The highest BCUT2D eigenvalue weighted by molar-refractivity contribution is 7.89. The van der Waals surface area contributed by atoms with Crippen LogP contribution in [0.3, 0.4) is 0 Å². The van der Waals surface area contributed by atoms with Gasteiger partial charge in [0.1, 0.15) is 6.04 Å². The van der Waals surface area contributed by atoms with Gasteiger partial charge >= 0.3 is 0 Å². The molecule has 0 spiro atoms. The lowest BCUT2D eigenvalue weighted by Crippen LogP contribution is -2.40. The molecule has 1 aromatic heterocycles. The molecular weight excluding hydrogens is 366 g/mol. The summed E-state index contributed by atoms with van der Waals surface area (Å²) in [6.45, 7) is 0.287. The second-order valence-electron chi connectivity index (χ2n) is 5.17. The Hall–Kier alpha value is -1.94. The van der Waals surface area contributed by atoms with E-state index >= 15 is 0 Å². The lowest BCUT2D eigenvalue weighted by atomic mass is 10.1. The second kappa shape index (κ2) is 9.52. The number of rotatable bonds is 8. The molecule has 138 valence electrons. The Morgan fingerprint density at radius 3 is 2.48 bits per heavy atom. The van der Waals surface area contributed by atoms with E-state index in [1.54, 1.807) is 49.4 Å². The fourth-order valence-electron chi connectivity index (χ4n) is 2.19. The summed E-state index contributed by atoms with van der Waals surface area (Å²) in [4.78, 5) is 12.4. The fraction of sp³-hybridized carbons (Fsp3) is 0.333. The molecule has 0 saturated carbocycles. The van der Waals surface area contributed by atoms with E-state index in [9.17, 15) is 13.2 Å². The van der Waals surface area contributed by atoms with E-state index in [0.717, 1.165) is 5.56 Å². The van der Waals surface area contributed by atoms with Crippen molar-refractivity contribution in [3.63, 3.8) is 0 Å². The molecule has 0 aliphatic carbocycles. The molecule has 10 heteroatoms. The average molecular weight is 388 g/mol. The smallest absolute Gasteiger partial charge is 0.241 e. The van der Waals surface area contributed by atoms with Gasteiger partial charge in [-0.05, 0) is 19.2 Å². The quantitative estimate of drug-likeness (QED) is 0.561. The van der Waals surface area contributed by atoms with Crippen LogP contribution in [0.25, 0.3) is 0 Å². The molecule has 0 fully saturated rings. The molecule has 0 aliphatic rings. The summed E-state index contributed by atoms with van der Waals surface area (Å²) in [5.74, 6) is -0.246. The van der Waals surface area contributed by atoms with Gasteiger partial charge in [0, 0.05) is 31.9 Å². The number of hydrogen-bond donors (Lipinski definition) is 3. The first-order chi connectivity index (χ1) is 11.4. The van der Waals surface area contributed by atoms with Gasteiger partial charge in [0.15, 0.2) is 0 Å². The topological polar surface area (TPSA) is 105 Å². The Morgan fingerprint density at radius 2 is 1.92 bits per heavy atom. The maximum Gasteiger partial charge on any atom is 0.241 e. The molecule has 1 aromatic carbocycles. The number of amides is 1. The van der Waals surface area contributed by atoms with Crippen molar-refractivity contribution in [2.45, 2.75) is 10.9 Å². The van der Waals surface area contributed by atoms with Gasteiger partial charge in [-0.2, -0.15) is 5.10 Å². The molecule has 3 N–H and O–H groups in total. The molecule has 2 rings (SSSR count). The Labute approximate surface area is 153 Å². The van der Waals surface area contributed by atoms with Crippen molar-refractivity contribution in [2.75, 3.05) is 20.1 Å². The van der Waals surface area contributed by atoms with E-state index < -0.39 is 16.1 Å². The minimum atomic E-state index is -3.56. The highest BCUT2D eigenvalue weighted by atomic mass is 35.5. The summed E-state index contributed by atoms with van der Waals surface area (Å²) in [5, 5.41) is 9.65. The standard InChI is InChI=1S/C15H21N5O3S.ClH/c1-16-14(12-10-18-20(2)11-12)15(21)17-8-9-19-24(22,23)13-6-4-3-5-7-13;/h3-7,10-11,14,16,19H,8-9H2,1-2H3,(H,17,21);1H. The summed E-state index contributed by atoms with van der Waals surface area (Å²) < 4.78 is 28.2. The van der Waals surface area contributed by atoms with E-state index in [1.165, 1.54) is 12.1 Å². The highest BCUT2D eigenvalue weighted by Gasteiger charge is 2.20. The van der Waals surface area contributed by atoms with Crippen molar-refractivity contribution >= 4 is 28.3 Å². The Bertz CT molecular complexity index is 779. The third kappa shape index (κ3) is 5.82. The van der Waals surface area contributed by atoms with Crippen LogP contribution in [0.1, 0.15) is 11.6 Å². The number of aromatic nitrogens is 2. The molecular formula is C15H22ClN5O3S. The van der Waals surface area contributed by atoms with E-state index in [-0.39, 0.29) is 36.3 Å². The van der Waals surface area contributed by atoms with Crippen LogP contribution in [0.2, 0.25) is 0 Å². The first-order valence-electron chi connectivity index (χ1n) is 7.42. The zero-order valence-electron chi connectivity index (χ0n) is 14.0. The Morgan fingerprint density at radius 1 is 1.24 bits per heavy atom. The molecule has 1 unspecified atom stereocenters. The molecule has 1 amide bonds. The molecule has 0 radical (unpaired) electrons. The lowest BCUT2D eigenvalue weighted by molar-refractivity contribution is -0.123. The van der Waals surface area contributed by atoms with Crippen LogP contribution in [0.4, 0.5) is 0 Å². The SMILES string of the molecule is CNC(C(=O)NCCNS(=O)(=O)c1ccccc1)c1cnn(C)c1.Cl. The van der Waals surface area contributed by atoms with Gasteiger partial charge in [0.2, 0.25) is 15.9 Å². The number of hydrogen-bond acceptors (Lipinski definition) is 5. The first-order valence-corrected chi connectivity index (χ1v) is 8.90. The molecule has 0 saturated heterocycles. The fourth-order valence-corrected chi connectivity index (χ4v) is 3.25. The van der Waals surface area contributed by atoms with E-state index in [0.29, 0.717) is 0 Å². The minimum absolute atomic E-state index is 0.